The molecule has 124 valence electrons. The van der Waals surface area contributed by atoms with E-state index in [0.29, 0.717) is 13.2 Å². The van der Waals surface area contributed by atoms with Crippen molar-refractivity contribution in [2.24, 2.45) is 0 Å². The van der Waals surface area contributed by atoms with Crippen molar-refractivity contribution in [3.63, 3.8) is 0 Å². The van der Waals surface area contributed by atoms with E-state index in [4.69, 9.17) is 4.74 Å². The molecule has 1 atom stereocenters. The summed E-state index contributed by atoms with van der Waals surface area (Å²) >= 11 is 0. The Morgan fingerprint density at radius 3 is 2.96 bits per heavy atom. The van der Waals surface area contributed by atoms with Crippen LogP contribution >= 0.6 is 0 Å². The lowest BCUT2D eigenvalue weighted by Gasteiger charge is -2.24. The molecule has 0 amide bonds. The normalized spacial score (nSPS) is 21.7. The predicted octanol–water partition coefficient (Wildman–Crippen LogP) is 2.23. The third-order valence-electron chi connectivity index (χ3n) is 4.53. The van der Waals surface area contributed by atoms with E-state index in [2.05, 4.69) is 21.4 Å². The molecule has 1 aliphatic heterocycles. The third kappa shape index (κ3) is 3.74. The lowest BCUT2D eigenvalue weighted by atomic mass is 10.1. The number of para-hydroxylation sites is 1. The minimum Gasteiger partial charge on any atom is -0.490 e. The fourth-order valence-electron chi connectivity index (χ4n) is 3.12. The first-order chi connectivity index (χ1) is 11.1. The van der Waals surface area contributed by atoms with Crippen molar-refractivity contribution < 1.29 is 9.84 Å². The molecule has 23 heavy (non-hydrogen) atoms. The van der Waals surface area contributed by atoms with Gasteiger partial charge >= 0.3 is 0 Å². The Hall–Kier alpha value is -1.85. The standard InChI is InChI=1S/C18H25N3O2/c1-3-21-14-19-10-16(21)11-20-9-8-18(22,12-20)13-23-17-7-5-4-6-15(17)2/h4-7,10,14,22H,3,8-9,11-13H2,1-2H3. The number of hydrogen-bond acceptors (Lipinski definition) is 4. The van der Waals surface area contributed by atoms with Crippen molar-refractivity contribution >= 4 is 0 Å². The summed E-state index contributed by atoms with van der Waals surface area (Å²) in [6, 6.07) is 7.92. The van der Waals surface area contributed by atoms with E-state index in [1.807, 2.05) is 43.7 Å². The molecule has 1 fully saturated rings. The van der Waals surface area contributed by atoms with Crippen LogP contribution in [0.25, 0.3) is 0 Å². The summed E-state index contributed by atoms with van der Waals surface area (Å²) in [6.45, 7) is 7.72. The lowest BCUT2D eigenvalue weighted by molar-refractivity contribution is 0.00305. The van der Waals surface area contributed by atoms with Gasteiger partial charge in [0.15, 0.2) is 0 Å². The van der Waals surface area contributed by atoms with Crippen LogP contribution in [0, 0.1) is 6.92 Å². The molecule has 1 unspecified atom stereocenters. The number of aryl methyl sites for hydroxylation is 2. The maximum atomic E-state index is 10.8. The van der Waals surface area contributed by atoms with Crippen LogP contribution in [-0.2, 0) is 13.1 Å². The minimum atomic E-state index is -0.778. The van der Waals surface area contributed by atoms with Crippen LogP contribution in [0.1, 0.15) is 24.6 Å². The number of imidazole rings is 1. The summed E-state index contributed by atoms with van der Waals surface area (Å²) < 4.78 is 8.00. The maximum Gasteiger partial charge on any atom is 0.122 e. The van der Waals surface area contributed by atoms with Gasteiger partial charge in [-0.1, -0.05) is 18.2 Å². The molecule has 3 rings (SSSR count). The Morgan fingerprint density at radius 1 is 1.35 bits per heavy atom. The Morgan fingerprint density at radius 2 is 2.17 bits per heavy atom. The molecule has 5 nitrogen and oxygen atoms in total. The highest BCUT2D eigenvalue weighted by Gasteiger charge is 2.37. The van der Waals surface area contributed by atoms with Gasteiger partial charge in [0.2, 0.25) is 0 Å². The van der Waals surface area contributed by atoms with Crippen molar-refractivity contribution in [2.45, 2.75) is 39.0 Å². The fourth-order valence-corrected chi connectivity index (χ4v) is 3.12. The number of ether oxygens (including phenoxy) is 1. The molecule has 1 aromatic heterocycles. The average molecular weight is 315 g/mol. The summed E-state index contributed by atoms with van der Waals surface area (Å²) in [5.74, 6) is 0.850. The molecule has 2 aromatic rings. The zero-order valence-electron chi connectivity index (χ0n) is 13.9. The maximum absolute atomic E-state index is 10.8. The molecule has 0 radical (unpaired) electrons. The largest absolute Gasteiger partial charge is 0.490 e. The van der Waals surface area contributed by atoms with Gasteiger partial charge in [0, 0.05) is 32.4 Å². The lowest BCUT2D eigenvalue weighted by Crippen LogP contribution is -2.39. The number of nitrogens with zero attached hydrogens (tertiary/aromatic N) is 3. The van der Waals surface area contributed by atoms with Gasteiger partial charge in [-0.05, 0) is 31.9 Å². The molecule has 1 saturated heterocycles. The first kappa shape index (κ1) is 16.0. The van der Waals surface area contributed by atoms with Crippen molar-refractivity contribution in [2.75, 3.05) is 19.7 Å². The van der Waals surface area contributed by atoms with E-state index < -0.39 is 5.60 Å². The van der Waals surface area contributed by atoms with Crippen molar-refractivity contribution in [1.82, 2.24) is 14.5 Å². The summed E-state index contributed by atoms with van der Waals surface area (Å²) in [4.78, 5) is 6.47. The van der Waals surface area contributed by atoms with Gasteiger partial charge in [0.05, 0.1) is 12.0 Å². The number of β-amino-alcohol motifs (C(OH)–C–C–N with tert-alkyl or cyclic N) is 1. The highest BCUT2D eigenvalue weighted by atomic mass is 16.5. The van der Waals surface area contributed by atoms with Crippen LogP contribution in [-0.4, -0.2) is 44.9 Å². The number of aliphatic hydroxyl groups is 1. The number of benzene rings is 1. The summed E-state index contributed by atoms with van der Waals surface area (Å²) in [5, 5.41) is 10.8. The van der Waals surface area contributed by atoms with E-state index >= 15 is 0 Å². The van der Waals surface area contributed by atoms with E-state index in [9.17, 15) is 5.11 Å². The Kier molecular flexibility index (Phi) is 4.68. The van der Waals surface area contributed by atoms with Crippen molar-refractivity contribution in [1.29, 1.82) is 0 Å². The summed E-state index contributed by atoms with van der Waals surface area (Å²) in [6.07, 6.45) is 4.50. The Balaban J connectivity index is 1.56. The highest BCUT2D eigenvalue weighted by molar-refractivity contribution is 5.31. The molecule has 0 bridgehead atoms. The minimum absolute atomic E-state index is 0.335. The second-order valence-electron chi connectivity index (χ2n) is 6.41. The summed E-state index contributed by atoms with van der Waals surface area (Å²) in [7, 11) is 0. The number of hydrogen-bond donors (Lipinski definition) is 1. The van der Waals surface area contributed by atoms with Gasteiger partial charge in [-0.2, -0.15) is 0 Å². The quantitative estimate of drug-likeness (QED) is 0.888. The Bertz CT molecular complexity index is 655. The molecule has 0 aliphatic carbocycles. The molecule has 0 saturated carbocycles. The fraction of sp³-hybridized carbons (Fsp3) is 0.500. The summed E-state index contributed by atoms with van der Waals surface area (Å²) in [5.41, 5.74) is 1.51. The van der Waals surface area contributed by atoms with Gasteiger partial charge in [-0.3, -0.25) is 4.90 Å². The topological polar surface area (TPSA) is 50.5 Å². The highest BCUT2D eigenvalue weighted by Crippen LogP contribution is 2.25. The number of aromatic nitrogens is 2. The van der Waals surface area contributed by atoms with Crippen LogP contribution in [0.5, 0.6) is 5.75 Å². The molecular formula is C18H25N3O2. The van der Waals surface area contributed by atoms with E-state index in [0.717, 1.165) is 37.4 Å². The molecule has 1 N–H and O–H groups in total. The first-order valence-corrected chi connectivity index (χ1v) is 8.22. The molecule has 2 heterocycles. The molecule has 5 heteroatoms. The third-order valence-corrected chi connectivity index (χ3v) is 4.53. The van der Waals surface area contributed by atoms with Gasteiger partial charge in [0.1, 0.15) is 18.0 Å². The molecule has 1 aliphatic rings. The average Bonchev–Trinajstić information content (AvgIpc) is 3.14. The zero-order valence-corrected chi connectivity index (χ0v) is 13.9. The zero-order chi connectivity index (χ0) is 16.3. The monoisotopic (exact) mass is 315 g/mol. The van der Waals surface area contributed by atoms with Crippen molar-refractivity contribution in [3.05, 3.63) is 48.0 Å². The van der Waals surface area contributed by atoms with Crippen molar-refractivity contribution in [3.8, 4) is 5.75 Å². The van der Waals surface area contributed by atoms with Gasteiger partial charge in [-0.25, -0.2) is 4.98 Å². The van der Waals surface area contributed by atoms with Crippen LogP contribution in [0.15, 0.2) is 36.8 Å². The SMILES string of the molecule is CCn1cncc1CN1CCC(O)(COc2ccccc2C)C1. The van der Waals surface area contributed by atoms with Crippen LogP contribution in [0.4, 0.5) is 0 Å². The Labute approximate surface area is 137 Å². The molecular weight excluding hydrogens is 290 g/mol. The second kappa shape index (κ2) is 6.72. The van der Waals surface area contributed by atoms with E-state index in [1.165, 1.54) is 5.69 Å². The predicted molar refractivity (Wildman–Crippen MR) is 89.4 cm³/mol. The van der Waals surface area contributed by atoms with Gasteiger partial charge in [0.25, 0.3) is 0 Å². The molecule has 0 spiro atoms. The van der Waals surface area contributed by atoms with E-state index in [1.54, 1.807) is 0 Å². The first-order valence-electron chi connectivity index (χ1n) is 8.22. The second-order valence-corrected chi connectivity index (χ2v) is 6.41. The van der Waals surface area contributed by atoms with Crippen LogP contribution in [0.3, 0.4) is 0 Å². The smallest absolute Gasteiger partial charge is 0.122 e. The van der Waals surface area contributed by atoms with Gasteiger partial charge < -0.3 is 14.4 Å². The molecule has 1 aromatic carbocycles. The van der Waals surface area contributed by atoms with Crippen LogP contribution in [0.2, 0.25) is 0 Å². The number of rotatable bonds is 6. The number of likely N-dealkylation sites (tertiary alicyclic amines) is 1. The van der Waals surface area contributed by atoms with Crippen LogP contribution < -0.4 is 4.74 Å². The van der Waals surface area contributed by atoms with Gasteiger partial charge in [-0.15, -0.1) is 0 Å². The van der Waals surface area contributed by atoms with E-state index in [-0.39, 0.29) is 0 Å².